The smallest absolute Gasteiger partial charge is 0.173 e. The Hall–Kier alpha value is -0.0300. The molecule has 5 heteroatoms. The van der Waals surface area contributed by atoms with Gasteiger partial charge in [-0.05, 0) is 22.0 Å². The number of hydrogen-bond acceptors (Lipinski definition) is 0. The van der Waals surface area contributed by atoms with E-state index in [4.69, 9.17) is 0 Å². The van der Waals surface area contributed by atoms with Crippen LogP contribution in [0.3, 0.4) is 0 Å². The first-order valence-corrected chi connectivity index (χ1v) is 4.54. The lowest BCUT2D eigenvalue weighted by molar-refractivity contribution is 0.466. The molecule has 0 atom stereocenters. The Labute approximate surface area is 84.0 Å². The zero-order valence-corrected chi connectivity index (χ0v) is 8.85. The molecule has 0 heterocycles. The van der Waals surface area contributed by atoms with E-state index in [9.17, 15) is 13.2 Å². The van der Waals surface area contributed by atoms with Crippen molar-refractivity contribution >= 4 is 31.9 Å². The summed E-state index contributed by atoms with van der Waals surface area (Å²) in [6.45, 7) is -0.849. The molecule has 0 aliphatic heterocycles. The number of hydrogen-bond donors (Lipinski definition) is 0. The third-order valence-corrected chi connectivity index (χ3v) is 2.88. The lowest BCUT2D eigenvalue weighted by Gasteiger charge is -2.04. The van der Waals surface area contributed by atoms with Crippen LogP contribution in [-0.4, -0.2) is 0 Å². The molecule has 0 unspecified atom stereocenters. The van der Waals surface area contributed by atoms with Gasteiger partial charge in [0.1, 0.15) is 6.67 Å². The second kappa shape index (κ2) is 3.79. The quantitative estimate of drug-likeness (QED) is 0.544. The molecular formula is C7H3Br2F3. The van der Waals surface area contributed by atoms with Crippen LogP contribution in [0, 0.1) is 11.6 Å². The second-order valence-corrected chi connectivity index (χ2v) is 3.73. The van der Waals surface area contributed by atoms with Crippen LogP contribution in [0.5, 0.6) is 0 Å². The van der Waals surface area contributed by atoms with Gasteiger partial charge >= 0.3 is 0 Å². The van der Waals surface area contributed by atoms with Gasteiger partial charge in [0.2, 0.25) is 0 Å². The number of benzene rings is 1. The van der Waals surface area contributed by atoms with Gasteiger partial charge in [-0.3, -0.25) is 0 Å². The van der Waals surface area contributed by atoms with Gasteiger partial charge in [0.05, 0.1) is 4.47 Å². The standard InChI is InChI=1S/C7H3Br2F3/c8-4-1-5(11)7(12)6(9)3(4)2-10/h1H,2H2. The van der Waals surface area contributed by atoms with E-state index in [2.05, 4.69) is 31.9 Å². The Bertz CT molecular complexity index is 312. The number of rotatable bonds is 1. The first-order valence-electron chi connectivity index (χ1n) is 2.95. The van der Waals surface area contributed by atoms with Crippen LogP contribution in [0.4, 0.5) is 13.2 Å². The van der Waals surface area contributed by atoms with E-state index in [-0.39, 0.29) is 14.5 Å². The summed E-state index contributed by atoms with van der Waals surface area (Å²) in [5, 5.41) is 0. The molecule has 1 aromatic rings. The van der Waals surface area contributed by atoms with Gasteiger partial charge in [-0.15, -0.1) is 0 Å². The van der Waals surface area contributed by atoms with Crippen molar-refractivity contribution in [3.8, 4) is 0 Å². The topological polar surface area (TPSA) is 0 Å². The number of halogens is 5. The Kier molecular flexibility index (Phi) is 3.17. The van der Waals surface area contributed by atoms with Crippen LogP contribution in [0.15, 0.2) is 15.0 Å². The Morgan fingerprint density at radius 1 is 1.25 bits per heavy atom. The monoisotopic (exact) mass is 302 g/mol. The van der Waals surface area contributed by atoms with Crippen LogP contribution in [0.25, 0.3) is 0 Å². The molecule has 66 valence electrons. The molecule has 0 saturated carbocycles. The minimum absolute atomic E-state index is 0.0777. The first kappa shape index (κ1) is 10.1. The van der Waals surface area contributed by atoms with Crippen LogP contribution < -0.4 is 0 Å². The molecule has 1 rings (SSSR count). The highest BCUT2D eigenvalue weighted by atomic mass is 79.9. The molecular weight excluding hydrogens is 301 g/mol. The molecule has 0 aliphatic rings. The summed E-state index contributed by atoms with van der Waals surface area (Å²) < 4.78 is 37.6. The van der Waals surface area contributed by atoms with Crippen LogP contribution in [0.1, 0.15) is 5.56 Å². The maximum atomic E-state index is 12.7. The highest BCUT2D eigenvalue weighted by Gasteiger charge is 2.14. The highest BCUT2D eigenvalue weighted by molar-refractivity contribution is 9.11. The maximum absolute atomic E-state index is 12.7. The fraction of sp³-hybridized carbons (Fsp3) is 0.143. The third-order valence-electron chi connectivity index (χ3n) is 1.34. The lowest BCUT2D eigenvalue weighted by atomic mass is 10.2. The molecule has 0 saturated heterocycles. The van der Waals surface area contributed by atoms with Crippen molar-refractivity contribution in [3.05, 3.63) is 32.2 Å². The molecule has 1 aromatic carbocycles. The van der Waals surface area contributed by atoms with Crippen molar-refractivity contribution in [1.82, 2.24) is 0 Å². The third kappa shape index (κ3) is 1.66. The molecule has 0 bridgehead atoms. The Balaban J connectivity index is 3.40. The molecule has 12 heavy (non-hydrogen) atoms. The van der Waals surface area contributed by atoms with E-state index in [1.54, 1.807) is 0 Å². The second-order valence-electron chi connectivity index (χ2n) is 2.08. The summed E-state index contributed by atoms with van der Waals surface area (Å²) >= 11 is 5.67. The molecule has 0 nitrogen and oxygen atoms in total. The molecule has 0 radical (unpaired) electrons. The fourth-order valence-electron chi connectivity index (χ4n) is 0.726. The summed E-state index contributed by atoms with van der Waals surface area (Å²) in [6, 6.07) is 0.898. The van der Waals surface area contributed by atoms with Crippen molar-refractivity contribution in [1.29, 1.82) is 0 Å². The van der Waals surface area contributed by atoms with Crippen molar-refractivity contribution in [2.75, 3.05) is 0 Å². The van der Waals surface area contributed by atoms with E-state index >= 15 is 0 Å². The number of alkyl halides is 1. The SMILES string of the molecule is FCc1c(Br)cc(F)c(F)c1Br. The summed E-state index contributed by atoms with van der Waals surface area (Å²) in [6.07, 6.45) is 0. The molecule has 0 aromatic heterocycles. The van der Waals surface area contributed by atoms with E-state index < -0.39 is 18.3 Å². The summed E-state index contributed by atoms with van der Waals surface area (Å²) in [7, 11) is 0. The normalized spacial score (nSPS) is 10.4. The van der Waals surface area contributed by atoms with Gasteiger partial charge in [0.25, 0.3) is 0 Å². The predicted octanol–water partition coefficient (Wildman–Crippen LogP) is 3.96. The van der Waals surface area contributed by atoms with Crippen molar-refractivity contribution in [2.45, 2.75) is 6.67 Å². The average Bonchev–Trinajstić information content (AvgIpc) is 2.01. The molecule has 0 amide bonds. The Morgan fingerprint density at radius 2 is 1.83 bits per heavy atom. The Morgan fingerprint density at radius 3 is 2.33 bits per heavy atom. The van der Waals surface area contributed by atoms with Crippen LogP contribution >= 0.6 is 31.9 Å². The minimum atomic E-state index is -1.06. The van der Waals surface area contributed by atoms with Crippen LogP contribution in [-0.2, 0) is 6.67 Å². The summed E-state index contributed by atoms with van der Waals surface area (Å²) in [4.78, 5) is 0. The summed E-state index contributed by atoms with van der Waals surface area (Å²) in [5.41, 5.74) is 0.0777. The zero-order chi connectivity index (χ0) is 9.30. The lowest BCUT2D eigenvalue weighted by Crippen LogP contribution is -1.92. The zero-order valence-electron chi connectivity index (χ0n) is 5.67. The fourth-order valence-corrected chi connectivity index (χ4v) is 2.01. The predicted molar refractivity (Wildman–Crippen MR) is 46.6 cm³/mol. The first-order chi connectivity index (χ1) is 5.57. The molecule has 0 spiro atoms. The van der Waals surface area contributed by atoms with Crippen molar-refractivity contribution in [2.24, 2.45) is 0 Å². The van der Waals surface area contributed by atoms with Gasteiger partial charge < -0.3 is 0 Å². The van der Waals surface area contributed by atoms with Gasteiger partial charge in [0, 0.05) is 10.0 Å². The van der Waals surface area contributed by atoms with Gasteiger partial charge in [-0.1, -0.05) is 15.9 Å². The van der Waals surface area contributed by atoms with Gasteiger partial charge in [-0.25, -0.2) is 13.2 Å². The summed E-state index contributed by atoms with van der Waals surface area (Å²) in [5.74, 6) is -2.07. The minimum Gasteiger partial charge on any atom is -0.246 e. The molecule has 0 fully saturated rings. The van der Waals surface area contributed by atoms with Crippen LogP contribution in [0.2, 0.25) is 0 Å². The van der Waals surface area contributed by atoms with E-state index in [0.717, 1.165) is 6.07 Å². The molecule has 0 N–H and O–H groups in total. The van der Waals surface area contributed by atoms with Crippen molar-refractivity contribution < 1.29 is 13.2 Å². The highest BCUT2D eigenvalue weighted by Crippen LogP contribution is 2.30. The largest absolute Gasteiger partial charge is 0.246 e. The van der Waals surface area contributed by atoms with Gasteiger partial charge in [0.15, 0.2) is 11.6 Å². The van der Waals surface area contributed by atoms with E-state index in [1.807, 2.05) is 0 Å². The average molecular weight is 304 g/mol. The maximum Gasteiger partial charge on any atom is 0.173 e. The van der Waals surface area contributed by atoms with Crippen molar-refractivity contribution in [3.63, 3.8) is 0 Å². The van der Waals surface area contributed by atoms with Gasteiger partial charge in [-0.2, -0.15) is 0 Å². The molecule has 0 aliphatic carbocycles. The van der Waals surface area contributed by atoms with E-state index in [0.29, 0.717) is 0 Å². The van der Waals surface area contributed by atoms with E-state index in [1.165, 1.54) is 0 Å².